The Morgan fingerprint density at radius 1 is 1.13 bits per heavy atom. The lowest BCUT2D eigenvalue weighted by Crippen LogP contribution is -2.04. The topological polar surface area (TPSA) is 63.3 Å². The molecule has 1 amide bonds. The van der Waals surface area contributed by atoms with E-state index in [1.807, 2.05) is 43.6 Å². The first kappa shape index (κ1) is 22.5. The van der Waals surface area contributed by atoms with Crippen molar-refractivity contribution < 1.29 is 9.63 Å². The number of hydroxylamine groups is 2. The molecule has 1 fully saturated rings. The molecular weight excluding hydrogens is 443 g/mol. The van der Waals surface area contributed by atoms with E-state index in [1.165, 1.54) is 5.56 Å². The van der Waals surface area contributed by atoms with Gasteiger partial charge in [0.15, 0.2) is 0 Å². The van der Waals surface area contributed by atoms with E-state index in [2.05, 4.69) is 28.2 Å². The van der Waals surface area contributed by atoms with Gasteiger partial charge in [0.2, 0.25) is 0 Å². The summed E-state index contributed by atoms with van der Waals surface area (Å²) in [7, 11) is 1.56. The number of nitrogens with zero attached hydrogens (tertiary/aromatic N) is 4. The molecule has 1 aliphatic heterocycles. The van der Waals surface area contributed by atoms with Crippen molar-refractivity contribution in [3.8, 4) is 0 Å². The van der Waals surface area contributed by atoms with Gasteiger partial charge in [-0.2, -0.15) is 0 Å². The second-order valence-corrected chi connectivity index (χ2v) is 8.94. The number of halogens is 2. The van der Waals surface area contributed by atoms with E-state index in [-0.39, 0.29) is 6.09 Å². The summed E-state index contributed by atoms with van der Waals surface area (Å²) in [5.74, 6) is 1.32. The van der Waals surface area contributed by atoms with E-state index in [1.54, 1.807) is 24.9 Å². The molecule has 1 saturated heterocycles. The summed E-state index contributed by atoms with van der Waals surface area (Å²) < 4.78 is 2.24. The highest BCUT2D eigenvalue weighted by Crippen LogP contribution is 2.37. The Kier molecular flexibility index (Phi) is 7.28. The maximum Gasteiger partial charge on any atom is 0.467 e. The molecule has 2 aromatic heterocycles. The first-order chi connectivity index (χ1) is 14.2. The van der Waals surface area contributed by atoms with E-state index < -0.39 is 0 Å². The molecule has 30 heavy (non-hydrogen) atoms. The molecule has 158 valence electrons. The van der Waals surface area contributed by atoms with Crippen LogP contribution in [0.1, 0.15) is 36.8 Å². The van der Waals surface area contributed by atoms with Crippen LogP contribution >= 0.6 is 35.0 Å². The monoisotopic (exact) mass is 464 g/mol. The van der Waals surface area contributed by atoms with Gasteiger partial charge >= 0.3 is 6.09 Å². The van der Waals surface area contributed by atoms with Crippen molar-refractivity contribution in [2.75, 3.05) is 7.05 Å². The van der Waals surface area contributed by atoms with Crippen LogP contribution in [-0.2, 0) is 11.4 Å². The molecular formula is C21H22Cl2N4O2S. The highest BCUT2D eigenvalue weighted by atomic mass is 35.5. The van der Waals surface area contributed by atoms with Gasteiger partial charge in [-0.15, -0.1) is 5.06 Å². The lowest BCUT2D eigenvalue weighted by Gasteiger charge is -2.13. The second-order valence-electron chi connectivity index (χ2n) is 7.01. The third kappa shape index (κ3) is 5.90. The summed E-state index contributed by atoms with van der Waals surface area (Å²) in [6, 6.07) is 9.66. The Morgan fingerprint density at radius 2 is 1.70 bits per heavy atom. The third-order valence-electron chi connectivity index (χ3n) is 4.26. The second kappa shape index (κ2) is 9.73. The molecule has 0 saturated carbocycles. The zero-order valence-electron chi connectivity index (χ0n) is 17.1. The van der Waals surface area contributed by atoms with Crippen molar-refractivity contribution in [3.63, 3.8) is 0 Å². The molecule has 4 rings (SSSR count). The van der Waals surface area contributed by atoms with Crippen LogP contribution in [0.5, 0.6) is 0 Å². The number of benzene rings is 1. The molecule has 6 nitrogen and oxygen atoms in total. The van der Waals surface area contributed by atoms with Gasteiger partial charge < -0.3 is 9.40 Å². The molecule has 1 aliphatic rings. The first-order valence-electron chi connectivity index (χ1n) is 9.30. The molecule has 0 unspecified atom stereocenters. The number of hydrogen-bond acceptors (Lipinski definition) is 5. The number of imidazole rings is 1. The van der Waals surface area contributed by atoms with Crippen LogP contribution in [0.2, 0.25) is 10.0 Å². The number of aromatic nitrogens is 3. The zero-order valence-corrected chi connectivity index (χ0v) is 19.4. The van der Waals surface area contributed by atoms with E-state index in [0.29, 0.717) is 16.0 Å². The molecule has 1 aromatic carbocycles. The summed E-state index contributed by atoms with van der Waals surface area (Å²) in [6.45, 7) is 7.12. The average molecular weight is 465 g/mol. The van der Waals surface area contributed by atoms with Gasteiger partial charge in [0.1, 0.15) is 10.9 Å². The maximum absolute atomic E-state index is 9.59. The fourth-order valence-corrected chi connectivity index (χ4v) is 4.65. The minimum atomic E-state index is -0.245. The molecule has 0 spiro atoms. The minimum absolute atomic E-state index is 0.245. The number of hydrogen-bond donors (Lipinski definition) is 0. The Morgan fingerprint density at radius 3 is 2.20 bits per heavy atom. The normalized spacial score (nSPS) is 12.5. The van der Waals surface area contributed by atoms with Crippen LogP contribution in [0.25, 0.3) is 0 Å². The van der Waals surface area contributed by atoms with E-state index >= 15 is 0 Å². The van der Waals surface area contributed by atoms with Crippen molar-refractivity contribution in [2.45, 2.75) is 43.2 Å². The lowest BCUT2D eigenvalue weighted by atomic mass is 10.1. The van der Waals surface area contributed by atoms with Crippen LogP contribution in [0.3, 0.4) is 0 Å². The van der Waals surface area contributed by atoms with Crippen molar-refractivity contribution in [1.82, 2.24) is 19.6 Å². The number of amides is 1. The fourth-order valence-electron chi connectivity index (χ4n) is 2.70. The summed E-state index contributed by atoms with van der Waals surface area (Å²) in [6.07, 6.45) is 3.38. The van der Waals surface area contributed by atoms with Crippen molar-refractivity contribution >= 4 is 41.1 Å². The molecule has 0 radical (unpaired) electrons. The van der Waals surface area contributed by atoms with Gasteiger partial charge in [-0.25, -0.2) is 9.78 Å². The Hall–Kier alpha value is -2.22. The fraction of sp³-hybridized carbons (Fsp3) is 0.286. The maximum atomic E-state index is 9.59. The Bertz CT molecular complexity index is 1020. The van der Waals surface area contributed by atoms with Gasteiger partial charge in [-0.1, -0.05) is 48.8 Å². The molecule has 0 atom stereocenters. The number of pyridine rings is 1. The number of rotatable bonds is 5. The largest absolute Gasteiger partial charge is 0.467 e. The van der Waals surface area contributed by atoms with Crippen molar-refractivity contribution in [2.24, 2.45) is 0 Å². The summed E-state index contributed by atoms with van der Waals surface area (Å²) in [4.78, 5) is 23.6. The number of aryl methyl sites for hydroxylation is 1. The van der Waals surface area contributed by atoms with Gasteiger partial charge in [-0.05, 0) is 48.7 Å². The molecule has 3 aromatic rings. The number of carbonyl (C=O) groups is 1. The minimum Gasteiger partial charge on any atom is -0.318 e. The van der Waals surface area contributed by atoms with E-state index in [4.69, 9.17) is 28.2 Å². The van der Waals surface area contributed by atoms with Crippen LogP contribution in [0.4, 0.5) is 4.79 Å². The van der Waals surface area contributed by atoms with Gasteiger partial charge in [0.05, 0.1) is 12.7 Å². The van der Waals surface area contributed by atoms with Crippen LogP contribution in [0, 0.1) is 6.92 Å². The molecule has 0 aliphatic carbocycles. The smallest absolute Gasteiger partial charge is 0.318 e. The quantitative estimate of drug-likeness (QED) is 0.420. The highest BCUT2D eigenvalue weighted by Gasteiger charge is 2.28. The molecule has 9 heteroatoms. The van der Waals surface area contributed by atoms with Crippen molar-refractivity contribution in [1.29, 1.82) is 0 Å². The van der Waals surface area contributed by atoms with E-state index in [9.17, 15) is 4.79 Å². The van der Waals surface area contributed by atoms with Gasteiger partial charge in [-0.3, -0.25) is 4.98 Å². The average Bonchev–Trinajstić information content (AvgIpc) is 3.24. The predicted octanol–water partition coefficient (Wildman–Crippen LogP) is 6.20. The SMILES string of the molecule is CN1OC1=O.Cc1nc(C(C)C)c(Sc2cc(Cl)cc(Cl)c2)n1Cc1ccncc1. The Labute approximate surface area is 190 Å². The van der Waals surface area contributed by atoms with Crippen molar-refractivity contribution in [3.05, 3.63) is 69.9 Å². The molecule has 0 N–H and O–H groups in total. The van der Waals surface area contributed by atoms with Crippen LogP contribution < -0.4 is 0 Å². The van der Waals surface area contributed by atoms with E-state index in [0.717, 1.165) is 33.0 Å². The third-order valence-corrected chi connectivity index (χ3v) is 5.80. The molecule has 3 heterocycles. The van der Waals surface area contributed by atoms with Gasteiger partial charge in [0.25, 0.3) is 0 Å². The lowest BCUT2D eigenvalue weighted by molar-refractivity contribution is 0.227. The van der Waals surface area contributed by atoms with Crippen LogP contribution in [-0.4, -0.2) is 32.7 Å². The molecule has 0 bridgehead atoms. The summed E-state index contributed by atoms with van der Waals surface area (Å²) in [5.41, 5.74) is 2.28. The van der Waals surface area contributed by atoms with Crippen LogP contribution in [0.15, 0.2) is 52.6 Å². The van der Waals surface area contributed by atoms with Gasteiger partial charge in [0, 0.05) is 33.9 Å². The Balaban J connectivity index is 0.000000448. The standard InChI is InChI=1S/C19H19Cl2N3S.C2H3NO2/c1-12(2)18-19(25-17-9-15(20)8-16(21)10-17)24(13(3)23-18)11-14-4-6-22-7-5-14;1-3-2(4)5-3/h4-10,12H,11H2,1-3H3;1H3. The predicted molar refractivity (Wildman–Crippen MR) is 119 cm³/mol. The highest BCUT2D eigenvalue weighted by molar-refractivity contribution is 7.99. The summed E-state index contributed by atoms with van der Waals surface area (Å²) >= 11 is 14.0. The summed E-state index contributed by atoms with van der Waals surface area (Å²) in [5, 5.41) is 3.55. The first-order valence-corrected chi connectivity index (χ1v) is 10.9. The number of carbonyl (C=O) groups excluding carboxylic acids is 1. The zero-order chi connectivity index (χ0) is 21.8.